The van der Waals surface area contributed by atoms with E-state index in [0.29, 0.717) is 22.3 Å². The third kappa shape index (κ3) is 5.11. The van der Waals surface area contributed by atoms with Crippen molar-refractivity contribution in [3.8, 4) is 11.4 Å². The second-order valence-corrected chi connectivity index (χ2v) is 9.46. The lowest BCUT2D eigenvalue weighted by Crippen LogP contribution is -2.06. The number of thioether (sulfide) groups is 1. The monoisotopic (exact) mass is 493 g/mol. The highest BCUT2D eigenvalue weighted by Gasteiger charge is 2.23. The Hall–Kier alpha value is -3.29. The first kappa shape index (κ1) is 23.9. The Morgan fingerprint density at radius 1 is 1.03 bits per heavy atom. The minimum absolute atomic E-state index is 0.0813. The number of aryl methyl sites for hydroxylation is 2. The first-order valence-electron chi connectivity index (χ1n) is 10.9. The fraction of sp³-hybridized carbons (Fsp3) is 0.192. The molecule has 0 spiro atoms. The Morgan fingerprint density at radius 2 is 1.68 bits per heavy atom. The van der Waals surface area contributed by atoms with Gasteiger partial charge in [0, 0.05) is 17.5 Å². The molecule has 8 heteroatoms. The summed E-state index contributed by atoms with van der Waals surface area (Å²) in [4.78, 5) is 11.4. The van der Waals surface area contributed by atoms with Crippen molar-refractivity contribution in [2.45, 2.75) is 37.1 Å². The zero-order valence-electron chi connectivity index (χ0n) is 18.8. The van der Waals surface area contributed by atoms with Crippen LogP contribution in [0.5, 0.6) is 5.75 Å². The molecular formula is C26H24ClN3O3S. The Labute approximate surface area is 207 Å². The molecule has 0 bridgehead atoms. The Kier molecular flexibility index (Phi) is 7.24. The van der Waals surface area contributed by atoms with Crippen LogP contribution < -0.4 is 0 Å². The third-order valence-electron chi connectivity index (χ3n) is 5.42. The molecule has 1 aromatic heterocycles. The van der Waals surface area contributed by atoms with Crippen molar-refractivity contribution in [3.05, 3.63) is 99.8 Å². The van der Waals surface area contributed by atoms with Crippen LogP contribution in [0.25, 0.3) is 5.69 Å². The maximum atomic E-state index is 11.4. The first-order valence-corrected chi connectivity index (χ1v) is 12.1. The number of aromatic hydroxyl groups is 1. The van der Waals surface area contributed by atoms with Crippen LogP contribution in [0.4, 0.5) is 0 Å². The Morgan fingerprint density at radius 3 is 2.26 bits per heavy atom. The fourth-order valence-corrected chi connectivity index (χ4v) is 5.00. The fourth-order valence-electron chi connectivity index (χ4n) is 3.67. The van der Waals surface area contributed by atoms with Gasteiger partial charge in [0.1, 0.15) is 17.1 Å². The molecule has 174 valence electrons. The van der Waals surface area contributed by atoms with Crippen molar-refractivity contribution in [2.75, 3.05) is 0 Å². The van der Waals surface area contributed by atoms with Crippen LogP contribution in [-0.4, -0.2) is 30.9 Å². The summed E-state index contributed by atoms with van der Waals surface area (Å²) >= 11 is 7.68. The molecule has 4 rings (SSSR count). The minimum Gasteiger partial charge on any atom is -0.507 e. The number of rotatable bonds is 8. The maximum absolute atomic E-state index is 11.4. The highest BCUT2D eigenvalue weighted by atomic mass is 35.5. The molecule has 0 radical (unpaired) electrons. The summed E-state index contributed by atoms with van der Waals surface area (Å²) in [6.07, 6.45) is 1.55. The van der Waals surface area contributed by atoms with Gasteiger partial charge in [-0.25, -0.2) is 4.79 Å². The van der Waals surface area contributed by atoms with Gasteiger partial charge >= 0.3 is 5.97 Å². The second-order valence-electron chi connectivity index (χ2n) is 7.95. The standard InChI is InChI=1S/C26H24ClN3O3S/c1-3-4-23-28-29-26(30(23)20-13-14-21(25(32)33)22(31)15-20)34-24(17-7-5-16(2)6-8-17)18-9-11-19(27)12-10-18/h5-15,24,31H,3-4H2,1-2H3,(H,32,33). The summed E-state index contributed by atoms with van der Waals surface area (Å²) in [7, 11) is 0. The number of aromatic carboxylic acids is 1. The number of carbonyl (C=O) groups is 1. The quantitative estimate of drug-likeness (QED) is 0.273. The lowest BCUT2D eigenvalue weighted by Gasteiger charge is -2.19. The largest absolute Gasteiger partial charge is 0.507 e. The molecule has 1 heterocycles. The van der Waals surface area contributed by atoms with E-state index in [1.54, 1.807) is 6.07 Å². The number of carboxylic acids is 1. The van der Waals surface area contributed by atoms with Gasteiger partial charge in [-0.1, -0.05) is 72.2 Å². The van der Waals surface area contributed by atoms with E-state index < -0.39 is 5.97 Å². The molecule has 0 saturated carbocycles. The Balaban J connectivity index is 1.80. The van der Waals surface area contributed by atoms with E-state index in [0.717, 1.165) is 23.4 Å². The van der Waals surface area contributed by atoms with Gasteiger partial charge in [0.05, 0.1) is 10.9 Å². The predicted molar refractivity (Wildman–Crippen MR) is 134 cm³/mol. The van der Waals surface area contributed by atoms with Gasteiger partial charge in [-0.05, 0) is 48.7 Å². The van der Waals surface area contributed by atoms with E-state index in [-0.39, 0.29) is 16.6 Å². The highest BCUT2D eigenvalue weighted by Crippen LogP contribution is 2.41. The van der Waals surface area contributed by atoms with E-state index in [4.69, 9.17) is 11.6 Å². The molecule has 0 aliphatic rings. The van der Waals surface area contributed by atoms with Crippen LogP contribution >= 0.6 is 23.4 Å². The normalized spacial score (nSPS) is 12.0. The lowest BCUT2D eigenvalue weighted by molar-refractivity contribution is 0.0693. The number of hydrogen-bond acceptors (Lipinski definition) is 5. The van der Waals surface area contributed by atoms with Crippen LogP contribution in [0.2, 0.25) is 5.02 Å². The molecule has 0 saturated heterocycles. The zero-order valence-corrected chi connectivity index (χ0v) is 20.3. The van der Waals surface area contributed by atoms with Gasteiger partial charge in [0.25, 0.3) is 0 Å². The number of hydrogen-bond donors (Lipinski definition) is 2. The molecule has 2 N–H and O–H groups in total. The molecular weight excluding hydrogens is 470 g/mol. The highest BCUT2D eigenvalue weighted by molar-refractivity contribution is 7.99. The molecule has 0 aliphatic carbocycles. The van der Waals surface area contributed by atoms with Gasteiger partial charge in [0.2, 0.25) is 0 Å². The van der Waals surface area contributed by atoms with Crippen LogP contribution in [0, 0.1) is 6.92 Å². The van der Waals surface area contributed by atoms with E-state index in [1.165, 1.54) is 29.5 Å². The van der Waals surface area contributed by atoms with E-state index in [2.05, 4.69) is 48.3 Å². The predicted octanol–water partition coefficient (Wildman–Crippen LogP) is 6.47. The Bertz CT molecular complexity index is 1260. The van der Waals surface area contributed by atoms with Gasteiger partial charge < -0.3 is 10.2 Å². The third-order valence-corrected chi connectivity index (χ3v) is 6.93. The van der Waals surface area contributed by atoms with Crippen molar-refractivity contribution < 1.29 is 15.0 Å². The SMILES string of the molecule is CCCc1nnc(SC(c2ccc(C)cc2)c2ccc(Cl)cc2)n1-c1ccc(C(=O)O)c(O)c1. The number of benzene rings is 3. The maximum Gasteiger partial charge on any atom is 0.339 e. The topological polar surface area (TPSA) is 88.2 Å². The van der Waals surface area contributed by atoms with Crippen LogP contribution in [0.15, 0.2) is 71.9 Å². The molecule has 0 fully saturated rings. The summed E-state index contributed by atoms with van der Waals surface area (Å²) in [5.74, 6) is -0.741. The van der Waals surface area contributed by atoms with E-state index in [9.17, 15) is 15.0 Å². The second kappa shape index (κ2) is 10.3. The number of halogens is 1. The first-order chi connectivity index (χ1) is 16.4. The number of phenols is 1. The average Bonchev–Trinajstić information content (AvgIpc) is 3.21. The summed E-state index contributed by atoms with van der Waals surface area (Å²) in [5.41, 5.74) is 3.80. The van der Waals surface area contributed by atoms with Crippen LogP contribution in [0.1, 0.15) is 51.5 Å². The molecule has 1 unspecified atom stereocenters. The number of aromatic nitrogens is 3. The van der Waals surface area contributed by atoms with Gasteiger partial charge in [0.15, 0.2) is 5.16 Å². The zero-order chi connectivity index (χ0) is 24.2. The minimum atomic E-state index is -1.18. The van der Waals surface area contributed by atoms with Crippen molar-refractivity contribution in [3.63, 3.8) is 0 Å². The summed E-state index contributed by atoms with van der Waals surface area (Å²) in [6.45, 7) is 4.11. The van der Waals surface area contributed by atoms with Crippen molar-refractivity contribution >= 4 is 29.3 Å². The molecule has 0 aliphatic heterocycles. The lowest BCUT2D eigenvalue weighted by atomic mass is 10.0. The smallest absolute Gasteiger partial charge is 0.339 e. The molecule has 0 amide bonds. The van der Waals surface area contributed by atoms with Crippen molar-refractivity contribution in [1.29, 1.82) is 0 Å². The molecule has 3 aromatic carbocycles. The van der Waals surface area contributed by atoms with Crippen molar-refractivity contribution in [1.82, 2.24) is 14.8 Å². The van der Waals surface area contributed by atoms with E-state index >= 15 is 0 Å². The number of carboxylic acid groups (broad SMARTS) is 1. The average molecular weight is 494 g/mol. The van der Waals surface area contributed by atoms with Gasteiger partial charge in [-0.15, -0.1) is 10.2 Å². The summed E-state index contributed by atoms with van der Waals surface area (Å²) in [5, 5.41) is 29.7. The van der Waals surface area contributed by atoms with Crippen LogP contribution in [0.3, 0.4) is 0 Å². The molecule has 34 heavy (non-hydrogen) atoms. The van der Waals surface area contributed by atoms with E-state index in [1.807, 2.05) is 28.8 Å². The summed E-state index contributed by atoms with van der Waals surface area (Å²) < 4.78 is 1.89. The van der Waals surface area contributed by atoms with Crippen molar-refractivity contribution in [2.24, 2.45) is 0 Å². The summed E-state index contributed by atoms with van der Waals surface area (Å²) in [6, 6.07) is 20.6. The van der Waals surface area contributed by atoms with Gasteiger partial charge in [-0.3, -0.25) is 4.57 Å². The molecule has 6 nitrogen and oxygen atoms in total. The number of nitrogens with zero attached hydrogens (tertiary/aromatic N) is 3. The molecule has 1 atom stereocenters. The van der Waals surface area contributed by atoms with Gasteiger partial charge in [-0.2, -0.15) is 0 Å². The molecule has 4 aromatic rings. The van der Waals surface area contributed by atoms with Crippen LogP contribution in [-0.2, 0) is 6.42 Å².